The normalized spacial score (nSPS) is 15.9. The van der Waals surface area contributed by atoms with Crippen LogP contribution in [0, 0.1) is 0 Å². The molecule has 1 atom stereocenters. The van der Waals surface area contributed by atoms with Crippen molar-refractivity contribution in [3.8, 4) is 0 Å². The highest BCUT2D eigenvalue weighted by Crippen LogP contribution is 2.60. The van der Waals surface area contributed by atoms with E-state index in [0.29, 0.717) is 0 Å². The van der Waals surface area contributed by atoms with Crippen LogP contribution in [-0.4, -0.2) is 53.1 Å². The molecular formula is C18H19F13OSi2. The number of hydrogen-bond donors (Lipinski definition) is 0. The van der Waals surface area contributed by atoms with Gasteiger partial charge in [0, 0.05) is 6.04 Å². The van der Waals surface area contributed by atoms with Crippen molar-refractivity contribution < 1.29 is 61.2 Å². The molecule has 0 amide bonds. The van der Waals surface area contributed by atoms with E-state index in [9.17, 15) is 57.1 Å². The third-order valence-electron chi connectivity index (χ3n) is 4.50. The molecular weight excluding hydrogens is 535 g/mol. The average Bonchev–Trinajstić information content (AvgIpc) is 2.64. The Kier molecular flexibility index (Phi) is 8.20. The van der Waals surface area contributed by atoms with E-state index in [1.807, 2.05) is 0 Å². The largest absolute Gasteiger partial charge is 0.460 e. The summed E-state index contributed by atoms with van der Waals surface area (Å²) in [6, 6.07) is 2.71. The molecule has 0 fully saturated rings. The number of rotatable bonds is 10. The van der Waals surface area contributed by atoms with E-state index in [0.717, 1.165) is 12.1 Å². The van der Waals surface area contributed by atoms with Crippen LogP contribution in [0.25, 0.3) is 6.08 Å². The lowest BCUT2D eigenvalue weighted by molar-refractivity contribution is -0.438. The highest BCUT2D eigenvalue weighted by molar-refractivity contribution is 6.82. The molecule has 0 heterocycles. The molecule has 0 aliphatic carbocycles. The quantitative estimate of drug-likeness (QED) is 0.227. The van der Waals surface area contributed by atoms with Crippen LogP contribution in [0.3, 0.4) is 0 Å². The lowest BCUT2D eigenvalue weighted by Gasteiger charge is -2.40. The van der Waals surface area contributed by atoms with Crippen LogP contribution < -0.4 is 5.19 Å². The third kappa shape index (κ3) is 5.32. The Bertz CT molecular complexity index is 875. The smallest absolute Gasteiger partial charge is 0.454 e. The Morgan fingerprint density at radius 1 is 0.765 bits per heavy atom. The van der Waals surface area contributed by atoms with Gasteiger partial charge >= 0.3 is 35.8 Å². The molecule has 1 aromatic rings. The van der Waals surface area contributed by atoms with Crippen molar-refractivity contribution in [1.29, 1.82) is 0 Å². The van der Waals surface area contributed by atoms with Crippen molar-refractivity contribution >= 4 is 28.6 Å². The minimum atomic E-state index is -7.92. The van der Waals surface area contributed by atoms with Gasteiger partial charge in [-0.25, -0.2) is 0 Å². The van der Waals surface area contributed by atoms with Gasteiger partial charge in [-0.05, 0) is 30.4 Å². The zero-order chi connectivity index (χ0) is 27.2. The molecule has 0 aliphatic heterocycles. The van der Waals surface area contributed by atoms with Gasteiger partial charge in [0.15, 0.2) is 8.32 Å². The fraction of sp³-hybridized carbons (Fsp3) is 0.556. The van der Waals surface area contributed by atoms with E-state index < -0.39 is 59.2 Å². The molecule has 1 unspecified atom stereocenters. The first-order chi connectivity index (χ1) is 14.9. The fourth-order valence-electron chi connectivity index (χ4n) is 2.79. The van der Waals surface area contributed by atoms with Crippen LogP contribution in [0.5, 0.6) is 0 Å². The highest BCUT2D eigenvalue weighted by atomic mass is 28.4. The topological polar surface area (TPSA) is 9.23 Å². The van der Waals surface area contributed by atoms with Crippen molar-refractivity contribution in [2.45, 2.75) is 61.5 Å². The van der Waals surface area contributed by atoms with Gasteiger partial charge < -0.3 is 4.12 Å². The van der Waals surface area contributed by atoms with E-state index >= 15 is 0 Å². The third-order valence-corrected chi connectivity index (χ3v) is 10.6. The standard InChI is InChI=1S/C18H19F13OSi2/c1-5-11-8-6-7-9-12(11)33(32-34(2,3)4)10-13(19,20)14(21,22)15(23,24)16(25,26)17(27,28)18(29,30)31/h5-9,33H,1,10H2,2-4H3. The molecule has 0 N–H and O–H groups in total. The zero-order valence-corrected chi connectivity index (χ0v) is 19.9. The first-order valence-electron chi connectivity index (χ1n) is 9.22. The molecule has 34 heavy (non-hydrogen) atoms. The van der Waals surface area contributed by atoms with Crippen LogP contribution in [0.1, 0.15) is 5.56 Å². The van der Waals surface area contributed by atoms with Crippen LogP contribution in [0.15, 0.2) is 30.8 Å². The van der Waals surface area contributed by atoms with E-state index in [1.165, 1.54) is 37.8 Å². The summed E-state index contributed by atoms with van der Waals surface area (Å²) in [6.45, 7) is 7.60. The second kappa shape index (κ2) is 9.15. The van der Waals surface area contributed by atoms with Crippen LogP contribution in [-0.2, 0) is 4.12 Å². The second-order valence-electron chi connectivity index (χ2n) is 8.26. The first-order valence-corrected chi connectivity index (χ1v) is 14.5. The molecule has 1 rings (SSSR count). The Hall–Kier alpha value is -1.56. The van der Waals surface area contributed by atoms with Crippen molar-refractivity contribution in [2.24, 2.45) is 0 Å². The van der Waals surface area contributed by atoms with E-state index in [4.69, 9.17) is 4.12 Å². The summed E-state index contributed by atoms with van der Waals surface area (Å²) in [5.74, 6) is -37.0. The summed E-state index contributed by atoms with van der Waals surface area (Å²) in [5, 5.41) is -0.161. The fourth-order valence-corrected chi connectivity index (χ4v) is 8.90. The molecule has 0 saturated heterocycles. The van der Waals surface area contributed by atoms with Crippen LogP contribution >= 0.6 is 0 Å². The molecule has 0 saturated carbocycles. The van der Waals surface area contributed by atoms with Gasteiger partial charge in [-0.1, -0.05) is 36.9 Å². The van der Waals surface area contributed by atoms with Gasteiger partial charge in [-0.3, -0.25) is 0 Å². The maximum absolute atomic E-state index is 14.5. The minimum absolute atomic E-state index is 0.0669. The predicted octanol–water partition coefficient (Wildman–Crippen LogP) is 6.85. The molecule has 0 spiro atoms. The zero-order valence-electron chi connectivity index (χ0n) is 17.7. The summed E-state index contributed by atoms with van der Waals surface area (Å²) >= 11 is 0. The summed E-state index contributed by atoms with van der Waals surface area (Å²) in [6.07, 6.45) is -6.35. The SMILES string of the molecule is C=Cc1ccccc1[SiH](CC(F)(F)C(F)(F)C(F)(F)C(F)(F)C(F)(F)C(F)(F)F)O[Si](C)(C)C. The Morgan fingerprint density at radius 2 is 1.21 bits per heavy atom. The first kappa shape index (κ1) is 30.5. The van der Waals surface area contributed by atoms with Crippen molar-refractivity contribution in [3.05, 3.63) is 36.4 Å². The van der Waals surface area contributed by atoms with E-state index in [1.54, 1.807) is 0 Å². The van der Waals surface area contributed by atoms with Crippen molar-refractivity contribution in [1.82, 2.24) is 0 Å². The van der Waals surface area contributed by atoms with Crippen LogP contribution in [0.2, 0.25) is 25.7 Å². The second-order valence-corrected chi connectivity index (χ2v) is 15.4. The molecule has 196 valence electrons. The van der Waals surface area contributed by atoms with Crippen molar-refractivity contribution in [3.63, 3.8) is 0 Å². The maximum atomic E-state index is 14.5. The Morgan fingerprint density at radius 3 is 1.62 bits per heavy atom. The van der Waals surface area contributed by atoms with Gasteiger partial charge in [-0.15, -0.1) is 0 Å². The molecule has 16 heteroatoms. The Labute approximate surface area is 188 Å². The maximum Gasteiger partial charge on any atom is 0.460 e. The monoisotopic (exact) mass is 554 g/mol. The number of alkyl halides is 13. The summed E-state index contributed by atoms with van der Waals surface area (Å²) in [5.41, 5.74) is 0.0669. The number of halogens is 13. The van der Waals surface area contributed by atoms with E-state index in [-0.39, 0.29) is 10.8 Å². The molecule has 0 radical (unpaired) electrons. The highest BCUT2D eigenvalue weighted by Gasteiger charge is 2.90. The van der Waals surface area contributed by atoms with Crippen LogP contribution in [0.4, 0.5) is 57.1 Å². The van der Waals surface area contributed by atoms with E-state index in [2.05, 4.69) is 6.58 Å². The van der Waals surface area contributed by atoms with Gasteiger partial charge in [0.25, 0.3) is 0 Å². The predicted molar refractivity (Wildman–Crippen MR) is 103 cm³/mol. The van der Waals surface area contributed by atoms with Gasteiger partial charge in [0.1, 0.15) is 0 Å². The number of benzene rings is 1. The summed E-state index contributed by atoms with van der Waals surface area (Å²) in [7, 11) is -6.82. The molecule has 0 aromatic heterocycles. The lowest BCUT2D eigenvalue weighted by atomic mass is 9.94. The molecule has 0 bridgehead atoms. The van der Waals surface area contributed by atoms with Gasteiger partial charge in [0.2, 0.25) is 9.04 Å². The summed E-state index contributed by atoms with van der Waals surface area (Å²) < 4.78 is 180. The summed E-state index contributed by atoms with van der Waals surface area (Å²) in [4.78, 5) is 0. The molecule has 1 aromatic carbocycles. The lowest BCUT2D eigenvalue weighted by Crippen LogP contribution is -2.70. The van der Waals surface area contributed by atoms with Gasteiger partial charge in [0.05, 0.1) is 0 Å². The average molecular weight is 554 g/mol. The number of hydrogen-bond acceptors (Lipinski definition) is 1. The minimum Gasteiger partial charge on any atom is -0.454 e. The Balaban J connectivity index is 3.60. The van der Waals surface area contributed by atoms with Gasteiger partial charge in [-0.2, -0.15) is 57.1 Å². The molecule has 1 nitrogen and oxygen atoms in total. The molecule has 0 aliphatic rings. The van der Waals surface area contributed by atoms with Crippen molar-refractivity contribution in [2.75, 3.05) is 0 Å².